The second kappa shape index (κ2) is 3.81. The van der Waals surface area contributed by atoms with Gasteiger partial charge in [-0.15, -0.1) is 0 Å². The number of nitrogens with zero attached hydrogens (tertiary/aromatic N) is 2. The first kappa shape index (κ1) is 10.7. The van der Waals surface area contributed by atoms with Gasteiger partial charge in [0.15, 0.2) is 5.78 Å². The lowest BCUT2D eigenvalue weighted by Crippen LogP contribution is -2.09. The van der Waals surface area contributed by atoms with Crippen molar-refractivity contribution >= 4 is 5.78 Å². The first-order valence-corrected chi connectivity index (χ1v) is 4.05. The molecule has 0 unspecified atom stereocenters. The van der Waals surface area contributed by atoms with E-state index in [0.717, 1.165) is 10.9 Å². The van der Waals surface area contributed by atoms with E-state index in [9.17, 15) is 18.0 Å². The highest BCUT2D eigenvalue weighted by Gasteiger charge is 2.32. The first-order chi connectivity index (χ1) is 6.43. The molecule has 3 nitrogen and oxygen atoms in total. The Labute approximate surface area is 78.5 Å². The van der Waals surface area contributed by atoms with E-state index in [0.29, 0.717) is 12.6 Å². The number of Topliss-reactive ketones (excluding diaryl/α,β-unsaturated/α-hetero) is 1. The summed E-state index contributed by atoms with van der Waals surface area (Å²) in [5.41, 5.74) is -0.832. The molecular formula is C8H9F3N2O. The topological polar surface area (TPSA) is 34.9 Å². The SMILES string of the molecule is CCC(=O)Cn1cc(C(F)(F)F)cn1. The highest BCUT2D eigenvalue weighted by atomic mass is 19.4. The summed E-state index contributed by atoms with van der Waals surface area (Å²) in [6.45, 7) is 1.54. The average molecular weight is 206 g/mol. The Morgan fingerprint density at radius 1 is 1.57 bits per heavy atom. The summed E-state index contributed by atoms with van der Waals surface area (Å²) in [7, 11) is 0. The molecule has 0 radical (unpaired) electrons. The van der Waals surface area contributed by atoms with Gasteiger partial charge in [0.1, 0.15) is 0 Å². The Balaban J connectivity index is 2.74. The van der Waals surface area contributed by atoms with Crippen LogP contribution in [0.25, 0.3) is 0 Å². The van der Waals surface area contributed by atoms with Crippen LogP contribution in [0.3, 0.4) is 0 Å². The van der Waals surface area contributed by atoms with Gasteiger partial charge in [0.2, 0.25) is 0 Å². The van der Waals surface area contributed by atoms with Crippen molar-refractivity contribution in [2.24, 2.45) is 0 Å². The first-order valence-electron chi connectivity index (χ1n) is 4.05. The summed E-state index contributed by atoms with van der Waals surface area (Å²) in [6.07, 6.45) is -2.56. The maximum atomic E-state index is 12.1. The molecule has 0 saturated heterocycles. The fourth-order valence-corrected chi connectivity index (χ4v) is 0.889. The highest BCUT2D eigenvalue weighted by Crippen LogP contribution is 2.28. The van der Waals surface area contributed by atoms with Crippen molar-refractivity contribution in [3.05, 3.63) is 18.0 Å². The summed E-state index contributed by atoms with van der Waals surface area (Å²) in [4.78, 5) is 10.9. The van der Waals surface area contributed by atoms with Crippen LogP contribution in [-0.4, -0.2) is 15.6 Å². The monoisotopic (exact) mass is 206 g/mol. The molecule has 0 aliphatic carbocycles. The number of hydrogen-bond acceptors (Lipinski definition) is 2. The summed E-state index contributed by atoms with van der Waals surface area (Å²) < 4.78 is 37.2. The van der Waals surface area contributed by atoms with E-state index in [1.165, 1.54) is 0 Å². The van der Waals surface area contributed by atoms with Gasteiger partial charge in [-0.25, -0.2) is 0 Å². The van der Waals surface area contributed by atoms with E-state index in [-0.39, 0.29) is 12.3 Å². The Kier molecular flexibility index (Phi) is 2.93. The van der Waals surface area contributed by atoms with Crippen LogP contribution in [0.2, 0.25) is 0 Å². The van der Waals surface area contributed by atoms with Crippen molar-refractivity contribution in [3.63, 3.8) is 0 Å². The maximum absolute atomic E-state index is 12.1. The lowest BCUT2D eigenvalue weighted by atomic mass is 10.3. The smallest absolute Gasteiger partial charge is 0.298 e. The third-order valence-electron chi connectivity index (χ3n) is 1.69. The lowest BCUT2D eigenvalue weighted by molar-refractivity contribution is -0.137. The van der Waals surface area contributed by atoms with Crippen molar-refractivity contribution in [1.82, 2.24) is 9.78 Å². The summed E-state index contributed by atoms with van der Waals surface area (Å²) in [5.74, 6) is -0.151. The van der Waals surface area contributed by atoms with E-state index in [1.54, 1.807) is 6.92 Å². The minimum atomic E-state index is -4.40. The quantitative estimate of drug-likeness (QED) is 0.756. The molecule has 0 fully saturated rings. The second-order valence-electron chi connectivity index (χ2n) is 2.82. The number of carbonyl (C=O) groups is 1. The Morgan fingerprint density at radius 2 is 2.21 bits per heavy atom. The molecule has 14 heavy (non-hydrogen) atoms. The lowest BCUT2D eigenvalue weighted by Gasteiger charge is -2.00. The van der Waals surface area contributed by atoms with Gasteiger partial charge in [-0.2, -0.15) is 18.3 Å². The summed E-state index contributed by atoms with van der Waals surface area (Å²) in [6, 6.07) is 0. The van der Waals surface area contributed by atoms with Crippen molar-refractivity contribution < 1.29 is 18.0 Å². The molecule has 0 aliphatic rings. The van der Waals surface area contributed by atoms with Crippen molar-refractivity contribution in [2.75, 3.05) is 0 Å². The number of ketones is 1. The number of rotatable bonds is 3. The van der Waals surface area contributed by atoms with Gasteiger partial charge in [-0.3, -0.25) is 9.48 Å². The largest absolute Gasteiger partial charge is 0.419 e. The Morgan fingerprint density at radius 3 is 2.64 bits per heavy atom. The van der Waals surface area contributed by atoms with Crippen LogP contribution in [0.1, 0.15) is 18.9 Å². The molecule has 0 N–H and O–H groups in total. The van der Waals surface area contributed by atoms with Crippen LogP contribution in [0.4, 0.5) is 13.2 Å². The number of carbonyl (C=O) groups excluding carboxylic acids is 1. The third-order valence-corrected chi connectivity index (χ3v) is 1.69. The third kappa shape index (κ3) is 2.58. The van der Waals surface area contributed by atoms with E-state index >= 15 is 0 Å². The van der Waals surface area contributed by atoms with Gasteiger partial charge in [-0.1, -0.05) is 6.92 Å². The van der Waals surface area contributed by atoms with Crippen molar-refractivity contribution in [1.29, 1.82) is 0 Å². The minimum absolute atomic E-state index is 0.105. The fourth-order valence-electron chi connectivity index (χ4n) is 0.889. The zero-order chi connectivity index (χ0) is 10.8. The van der Waals surface area contributed by atoms with Crippen LogP contribution in [0, 0.1) is 0 Å². The average Bonchev–Trinajstić information content (AvgIpc) is 2.51. The highest BCUT2D eigenvalue weighted by molar-refractivity contribution is 5.77. The molecule has 0 amide bonds. The van der Waals surface area contributed by atoms with Gasteiger partial charge >= 0.3 is 6.18 Å². The molecule has 1 aromatic rings. The molecule has 0 saturated carbocycles. The van der Waals surface area contributed by atoms with Crippen LogP contribution < -0.4 is 0 Å². The Bertz CT molecular complexity index is 330. The second-order valence-corrected chi connectivity index (χ2v) is 2.82. The van der Waals surface area contributed by atoms with E-state index in [2.05, 4.69) is 5.10 Å². The maximum Gasteiger partial charge on any atom is 0.419 e. The molecule has 6 heteroatoms. The molecule has 0 spiro atoms. The van der Waals surface area contributed by atoms with Gasteiger partial charge in [-0.05, 0) is 0 Å². The summed E-state index contributed by atoms with van der Waals surface area (Å²) in [5, 5.41) is 3.45. The number of alkyl halides is 3. The number of halogens is 3. The minimum Gasteiger partial charge on any atom is -0.298 e. The van der Waals surface area contributed by atoms with Crippen molar-refractivity contribution in [3.8, 4) is 0 Å². The molecule has 0 aliphatic heterocycles. The molecule has 1 rings (SSSR count). The zero-order valence-electron chi connectivity index (χ0n) is 7.51. The van der Waals surface area contributed by atoms with Gasteiger partial charge in [0.25, 0.3) is 0 Å². The standard InChI is InChI=1S/C8H9F3N2O/c1-2-7(14)5-13-4-6(3-12-13)8(9,10)11/h3-4H,2,5H2,1H3. The predicted molar refractivity (Wildman–Crippen MR) is 42.5 cm³/mol. The number of aromatic nitrogens is 2. The molecule has 0 bridgehead atoms. The van der Waals surface area contributed by atoms with Gasteiger partial charge < -0.3 is 0 Å². The molecule has 78 valence electrons. The molecular weight excluding hydrogens is 197 g/mol. The van der Waals surface area contributed by atoms with E-state index in [1.807, 2.05) is 0 Å². The Hall–Kier alpha value is -1.33. The fraction of sp³-hybridized carbons (Fsp3) is 0.500. The van der Waals surface area contributed by atoms with Crippen molar-refractivity contribution in [2.45, 2.75) is 26.1 Å². The molecule has 0 atom stereocenters. The van der Waals surface area contributed by atoms with Crippen LogP contribution in [0.15, 0.2) is 12.4 Å². The predicted octanol–water partition coefficient (Wildman–Crippen LogP) is 1.88. The molecule has 0 aromatic carbocycles. The van der Waals surface area contributed by atoms with Gasteiger partial charge in [0.05, 0.1) is 18.3 Å². The molecule has 1 heterocycles. The van der Waals surface area contributed by atoms with E-state index < -0.39 is 11.7 Å². The molecule has 1 aromatic heterocycles. The number of hydrogen-bond donors (Lipinski definition) is 0. The zero-order valence-corrected chi connectivity index (χ0v) is 7.51. The summed E-state index contributed by atoms with van der Waals surface area (Å²) >= 11 is 0. The van der Waals surface area contributed by atoms with Gasteiger partial charge in [0, 0.05) is 12.6 Å². The van der Waals surface area contributed by atoms with Crippen LogP contribution >= 0.6 is 0 Å². The van der Waals surface area contributed by atoms with Crippen LogP contribution in [0.5, 0.6) is 0 Å². The van der Waals surface area contributed by atoms with Crippen LogP contribution in [-0.2, 0) is 17.5 Å². The normalized spacial score (nSPS) is 11.7. The van der Waals surface area contributed by atoms with E-state index in [4.69, 9.17) is 0 Å².